The zero-order valence-electron chi connectivity index (χ0n) is 36.3. The van der Waals surface area contributed by atoms with Gasteiger partial charge in [-0.25, -0.2) is 14.8 Å². The molecule has 3 aliphatic heterocycles. The van der Waals surface area contributed by atoms with Gasteiger partial charge in [-0.1, -0.05) is 41.9 Å². The zero-order valence-corrected chi connectivity index (χ0v) is 37.1. The average Bonchev–Trinajstić information content (AvgIpc) is 3.64. The number of aromatic nitrogens is 3. The summed E-state index contributed by atoms with van der Waals surface area (Å²) in [6, 6.07) is 26.6. The number of H-pyrrole nitrogens is 1. The van der Waals surface area contributed by atoms with E-state index in [0.29, 0.717) is 114 Å². The molecule has 5 heterocycles. The van der Waals surface area contributed by atoms with Crippen LogP contribution in [0.5, 0.6) is 17.2 Å². The number of rotatable bonds is 12. The van der Waals surface area contributed by atoms with E-state index in [1.165, 1.54) is 18.3 Å². The molecule has 3 fully saturated rings. The largest absolute Gasteiger partial charge is 0.495 e. The molecule has 16 nitrogen and oxygen atoms in total. The number of benzene rings is 4. The Hall–Kier alpha value is -7.30. The number of para-hydroxylation sites is 1. The molecule has 6 aromatic rings. The standard InChI is InChI=1S/C49H48ClN9O7/c1-65-41-15-12-33(26-40(41)59-23-18-42(60)55-49(59)64)48(63)57-20-5-19-56(24-25-57)29-31-8-10-32(11-9-31)47(62)58-21-16-34(17-22-58)54-46-43-38(28-51-45(43)52-30-53-46)44(61)37-14-13-36(27-39(37)50)66-35-6-3-2-4-7-35/h2-4,6-15,26-28,30,34H,5,16-25,29H2,1H3,(H,55,60,64)(H2,51,52,53,54). The Balaban J connectivity index is 0.771. The van der Waals surface area contributed by atoms with Crippen molar-refractivity contribution in [1.82, 2.24) is 35.0 Å². The van der Waals surface area contributed by atoms with Gasteiger partial charge in [0.2, 0.25) is 5.91 Å². The molecule has 0 radical (unpaired) electrons. The van der Waals surface area contributed by atoms with E-state index in [2.05, 4.69) is 30.5 Å². The summed E-state index contributed by atoms with van der Waals surface area (Å²) in [5.41, 5.74) is 3.81. The number of nitrogens with zero attached hydrogens (tertiary/aromatic N) is 6. The van der Waals surface area contributed by atoms with Gasteiger partial charge in [0.15, 0.2) is 5.78 Å². The summed E-state index contributed by atoms with van der Waals surface area (Å²) >= 11 is 6.63. The summed E-state index contributed by atoms with van der Waals surface area (Å²) in [6.45, 7) is 4.56. The topological polar surface area (TPSA) is 182 Å². The number of anilines is 2. The van der Waals surface area contributed by atoms with Crippen LogP contribution >= 0.6 is 11.6 Å². The van der Waals surface area contributed by atoms with Crippen LogP contribution in [-0.2, 0) is 11.3 Å². The van der Waals surface area contributed by atoms with Gasteiger partial charge in [0.1, 0.15) is 35.0 Å². The fraction of sp³-hybridized carbons (Fsp3) is 0.286. The lowest BCUT2D eigenvalue weighted by atomic mass is 10.0. The lowest BCUT2D eigenvalue weighted by molar-refractivity contribution is -0.120. The van der Waals surface area contributed by atoms with E-state index in [0.717, 1.165) is 18.5 Å². The Labute approximate surface area is 385 Å². The van der Waals surface area contributed by atoms with Crippen LogP contribution in [0.1, 0.15) is 67.9 Å². The van der Waals surface area contributed by atoms with Gasteiger partial charge in [-0.3, -0.25) is 34.3 Å². The van der Waals surface area contributed by atoms with E-state index in [1.807, 2.05) is 64.4 Å². The van der Waals surface area contributed by atoms with Crippen molar-refractivity contribution in [2.24, 2.45) is 0 Å². The molecule has 0 bridgehead atoms. The van der Waals surface area contributed by atoms with Gasteiger partial charge in [-0.05, 0) is 79.4 Å². The van der Waals surface area contributed by atoms with Gasteiger partial charge in [-0.15, -0.1) is 0 Å². The van der Waals surface area contributed by atoms with E-state index in [-0.39, 0.29) is 47.5 Å². The van der Waals surface area contributed by atoms with Crippen LogP contribution in [0.4, 0.5) is 16.3 Å². The highest BCUT2D eigenvalue weighted by Crippen LogP contribution is 2.34. The average molecular weight is 910 g/mol. The van der Waals surface area contributed by atoms with Gasteiger partial charge in [0, 0.05) is 93.8 Å². The Morgan fingerprint density at radius 1 is 0.788 bits per heavy atom. The summed E-state index contributed by atoms with van der Waals surface area (Å²) < 4.78 is 11.4. The summed E-state index contributed by atoms with van der Waals surface area (Å²) in [5.74, 6) is 1.37. The maximum absolute atomic E-state index is 13.9. The van der Waals surface area contributed by atoms with E-state index >= 15 is 0 Å². The molecule has 0 aliphatic carbocycles. The molecule has 9 rings (SSSR count). The number of imide groups is 1. The number of nitrogens with one attached hydrogen (secondary N) is 3. The van der Waals surface area contributed by atoms with Crippen LogP contribution in [0, 0.1) is 0 Å². The third-order valence-corrected chi connectivity index (χ3v) is 12.6. The molecule has 2 aromatic heterocycles. The summed E-state index contributed by atoms with van der Waals surface area (Å²) in [4.78, 5) is 85.0. The van der Waals surface area contributed by atoms with Gasteiger partial charge in [-0.2, -0.15) is 0 Å². The molecular weight excluding hydrogens is 862 g/mol. The lowest BCUT2D eigenvalue weighted by Crippen LogP contribution is -2.49. The highest BCUT2D eigenvalue weighted by Gasteiger charge is 2.30. The molecule has 3 N–H and O–H groups in total. The highest BCUT2D eigenvalue weighted by atomic mass is 35.5. The highest BCUT2D eigenvalue weighted by molar-refractivity contribution is 6.35. The SMILES string of the molecule is COc1ccc(C(=O)N2CCCN(Cc3ccc(C(=O)N4CCC(Nc5ncnc6[nH]cc(C(=O)c7ccc(Oc8ccccc8)cc7Cl)c56)CC4)cc3)CC2)cc1N1CCC(=O)NC1=O. The third kappa shape index (κ3) is 9.55. The van der Waals surface area contributed by atoms with Gasteiger partial charge < -0.3 is 29.6 Å². The molecular formula is C49H48ClN9O7. The lowest BCUT2D eigenvalue weighted by Gasteiger charge is -2.33. The Morgan fingerprint density at radius 3 is 2.30 bits per heavy atom. The van der Waals surface area contributed by atoms with Crippen LogP contribution in [0.3, 0.4) is 0 Å². The smallest absolute Gasteiger partial charge is 0.328 e. The number of methoxy groups -OCH3 is 1. The Kier molecular flexibility index (Phi) is 12.9. The number of fused-ring (bicyclic) bond motifs is 1. The number of urea groups is 1. The van der Waals surface area contributed by atoms with Crippen LogP contribution in [0.2, 0.25) is 5.02 Å². The number of carbonyl (C=O) groups excluding carboxylic acids is 5. The molecule has 4 aromatic carbocycles. The first kappa shape index (κ1) is 43.9. The van der Waals surface area contributed by atoms with E-state index < -0.39 is 6.03 Å². The van der Waals surface area contributed by atoms with Crippen molar-refractivity contribution in [3.63, 3.8) is 0 Å². The number of hydrogen-bond acceptors (Lipinski definition) is 11. The second-order valence-electron chi connectivity index (χ2n) is 16.5. The number of carbonyl (C=O) groups is 5. The Bertz CT molecular complexity index is 2790. The predicted octanol–water partition coefficient (Wildman–Crippen LogP) is 7.15. The van der Waals surface area contributed by atoms with E-state index in [4.69, 9.17) is 21.1 Å². The molecule has 0 spiro atoms. The van der Waals surface area contributed by atoms with Crippen molar-refractivity contribution in [1.29, 1.82) is 0 Å². The van der Waals surface area contributed by atoms with Crippen molar-refractivity contribution in [2.75, 3.05) is 63.1 Å². The minimum absolute atomic E-state index is 0.00902. The number of halogens is 1. The minimum Gasteiger partial charge on any atom is -0.495 e. The third-order valence-electron chi connectivity index (χ3n) is 12.3. The van der Waals surface area contributed by atoms with Crippen molar-refractivity contribution in [3.05, 3.63) is 136 Å². The molecule has 66 heavy (non-hydrogen) atoms. The summed E-state index contributed by atoms with van der Waals surface area (Å²) in [6.07, 6.45) is 5.39. The minimum atomic E-state index is -0.544. The first-order valence-corrected chi connectivity index (χ1v) is 22.3. The van der Waals surface area contributed by atoms with Crippen molar-refractivity contribution in [3.8, 4) is 17.2 Å². The molecule has 0 atom stereocenters. The Morgan fingerprint density at radius 2 is 1.55 bits per heavy atom. The number of piperidine rings is 1. The second kappa shape index (κ2) is 19.4. The van der Waals surface area contributed by atoms with Crippen molar-refractivity contribution >= 4 is 63.7 Å². The number of likely N-dealkylation sites (tertiary alicyclic amines) is 1. The molecule has 338 valence electrons. The quantitative estimate of drug-likeness (QED) is 0.106. The summed E-state index contributed by atoms with van der Waals surface area (Å²) in [7, 11) is 1.50. The van der Waals surface area contributed by atoms with Crippen LogP contribution in [0.15, 0.2) is 104 Å². The van der Waals surface area contributed by atoms with E-state index in [9.17, 15) is 24.0 Å². The normalized spacial score (nSPS) is 16.2. The molecule has 0 saturated carbocycles. The van der Waals surface area contributed by atoms with Gasteiger partial charge >= 0.3 is 6.03 Å². The number of aromatic amines is 1. The van der Waals surface area contributed by atoms with Crippen LogP contribution < -0.4 is 25.0 Å². The van der Waals surface area contributed by atoms with E-state index in [1.54, 1.807) is 42.6 Å². The maximum atomic E-state index is 13.9. The van der Waals surface area contributed by atoms with Gasteiger partial charge in [0.25, 0.3) is 11.8 Å². The number of hydrogen-bond donors (Lipinski definition) is 3. The number of ketones is 1. The van der Waals surface area contributed by atoms with Crippen LogP contribution in [-0.4, -0.2) is 118 Å². The van der Waals surface area contributed by atoms with Crippen molar-refractivity contribution < 1.29 is 33.4 Å². The molecule has 17 heteroatoms. The first-order chi connectivity index (χ1) is 32.1. The predicted molar refractivity (Wildman–Crippen MR) is 249 cm³/mol. The maximum Gasteiger partial charge on any atom is 0.328 e. The zero-order chi connectivity index (χ0) is 45.7. The van der Waals surface area contributed by atoms with Crippen molar-refractivity contribution in [2.45, 2.75) is 38.3 Å². The summed E-state index contributed by atoms with van der Waals surface area (Å²) in [5, 5.41) is 6.68. The van der Waals surface area contributed by atoms with Gasteiger partial charge in [0.05, 0.1) is 28.8 Å². The number of ether oxygens (including phenoxy) is 2. The number of amides is 5. The molecule has 3 saturated heterocycles. The molecule has 5 amide bonds. The first-order valence-electron chi connectivity index (χ1n) is 22.0. The molecule has 0 unspecified atom stereocenters. The van der Waals surface area contributed by atoms with Crippen LogP contribution in [0.25, 0.3) is 11.0 Å². The fourth-order valence-corrected chi connectivity index (χ4v) is 8.98. The monoisotopic (exact) mass is 909 g/mol. The molecule has 3 aliphatic rings. The fourth-order valence-electron chi connectivity index (χ4n) is 8.72. The second-order valence-corrected chi connectivity index (χ2v) is 16.9.